The minimum atomic E-state index is 0.276. The Balaban J connectivity index is 3.59. The first kappa shape index (κ1) is 11.2. The zero-order valence-electron chi connectivity index (χ0n) is 7.55. The molecule has 0 aliphatic carbocycles. The molecule has 2 nitrogen and oxygen atoms in total. The van der Waals surface area contributed by atoms with Crippen LogP contribution in [0.5, 0.6) is 0 Å². The lowest BCUT2D eigenvalue weighted by Gasteiger charge is -2.11. The van der Waals surface area contributed by atoms with E-state index in [2.05, 4.69) is 30.2 Å². The molecule has 0 bridgehead atoms. The van der Waals surface area contributed by atoms with Crippen LogP contribution in [0.2, 0.25) is 6.32 Å². The van der Waals surface area contributed by atoms with Crippen LogP contribution in [0.25, 0.3) is 0 Å². The molecule has 2 N–H and O–H groups in total. The summed E-state index contributed by atoms with van der Waals surface area (Å²) in [5.41, 5.74) is 0. The van der Waals surface area contributed by atoms with Gasteiger partial charge in [0, 0.05) is 13.1 Å². The average Bonchev–Trinajstić information content (AvgIpc) is 2.10. The molecule has 3 heteroatoms. The summed E-state index contributed by atoms with van der Waals surface area (Å²) < 4.78 is 0. The van der Waals surface area contributed by atoms with E-state index in [9.17, 15) is 0 Å². The van der Waals surface area contributed by atoms with Gasteiger partial charge in [-0.1, -0.05) is 18.2 Å². The summed E-state index contributed by atoms with van der Waals surface area (Å²) in [5.74, 6) is 0. The molecule has 0 heterocycles. The summed E-state index contributed by atoms with van der Waals surface area (Å²) in [6.45, 7) is 12.9. The molecule has 0 aromatic rings. The van der Waals surface area contributed by atoms with Gasteiger partial charge in [-0.05, 0) is 6.32 Å². The van der Waals surface area contributed by atoms with E-state index >= 15 is 0 Å². The maximum Gasteiger partial charge on any atom is 0.309 e. The van der Waals surface area contributed by atoms with Crippen molar-refractivity contribution in [2.24, 2.45) is 0 Å². The van der Waals surface area contributed by atoms with Crippen LogP contribution in [0.1, 0.15) is 0 Å². The van der Waals surface area contributed by atoms with Crippen LogP contribution in [0.3, 0.4) is 0 Å². The molecule has 0 aromatic carbocycles. The van der Waals surface area contributed by atoms with Crippen molar-refractivity contribution in [3.8, 4) is 0 Å². The average molecular weight is 164 g/mol. The number of allylic oxidation sites excluding steroid dienone is 1. The standard InChI is InChI=1S/C9H17BN2/c1-4-7-10(11-8-5-2)12-9-6-3/h4-6,11-12H,1-3,7-9H2. The zero-order valence-corrected chi connectivity index (χ0v) is 7.55. The third-order valence-electron chi connectivity index (χ3n) is 1.42. The Kier molecular flexibility index (Phi) is 7.75. The Bertz CT molecular complexity index is 133. The predicted octanol–water partition coefficient (Wildman–Crippen LogP) is 1.21. The second-order valence-electron chi connectivity index (χ2n) is 2.47. The van der Waals surface area contributed by atoms with Crippen LogP contribution in [0.4, 0.5) is 0 Å². The van der Waals surface area contributed by atoms with Gasteiger partial charge >= 0.3 is 6.98 Å². The molecule has 0 rings (SSSR count). The molecule has 0 spiro atoms. The fourth-order valence-corrected chi connectivity index (χ4v) is 0.857. The summed E-state index contributed by atoms with van der Waals surface area (Å²) in [5, 5.41) is 6.51. The normalized spacial score (nSPS) is 9.00. The second-order valence-corrected chi connectivity index (χ2v) is 2.47. The highest BCUT2D eigenvalue weighted by molar-refractivity contribution is 6.53. The van der Waals surface area contributed by atoms with Crippen molar-refractivity contribution in [1.82, 2.24) is 10.5 Å². The van der Waals surface area contributed by atoms with Crippen molar-refractivity contribution in [3.63, 3.8) is 0 Å². The third-order valence-corrected chi connectivity index (χ3v) is 1.42. The molecule has 0 unspecified atom stereocenters. The van der Waals surface area contributed by atoms with Gasteiger partial charge in [-0.15, -0.1) is 19.7 Å². The summed E-state index contributed by atoms with van der Waals surface area (Å²) in [4.78, 5) is 0. The Hall–Kier alpha value is -0.795. The lowest BCUT2D eigenvalue weighted by molar-refractivity contribution is 0.953. The first-order valence-corrected chi connectivity index (χ1v) is 4.14. The number of hydrogen-bond donors (Lipinski definition) is 2. The number of nitrogens with one attached hydrogen (secondary N) is 2. The van der Waals surface area contributed by atoms with Gasteiger partial charge in [0.15, 0.2) is 0 Å². The highest BCUT2D eigenvalue weighted by Gasteiger charge is 2.08. The van der Waals surface area contributed by atoms with E-state index in [-0.39, 0.29) is 6.98 Å². The van der Waals surface area contributed by atoms with Crippen LogP contribution in [-0.2, 0) is 0 Å². The molecule has 0 saturated carbocycles. The Morgan fingerprint density at radius 2 is 1.42 bits per heavy atom. The highest BCUT2D eigenvalue weighted by atomic mass is 14.9. The van der Waals surface area contributed by atoms with Gasteiger partial charge in [-0.2, -0.15) is 0 Å². The second kappa shape index (κ2) is 8.30. The predicted molar refractivity (Wildman–Crippen MR) is 57.2 cm³/mol. The highest BCUT2D eigenvalue weighted by Crippen LogP contribution is 1.85. The van der Waals surface area contributed by atoms with Crippen molar-refractivity contribution in [3.05, 3.63) is 38.0 Å². The van der Waals surface area contributed by atoms with Crippen molar-refractivity contribution in [2.75, 3.05) is 13.1 Å². The van der Waals surface area contributed by atoms with Gasteiger partial charge < -0.3 is 10.5 Å². The van der Waals surface area contributed by atoms with E-state index in [1.165, 1.54) is 0 Å². The van der Waals surface area contributed by atoms with Crippen LogP contribution in [0.15, 0.2) is 38.0 Å². The molecular weight excluding hydrogens is 147 g/mol. The third kappa shape index (κ3) is 5.95. The monoisotopic (exact) mass is 164 g/mol. The van der Waals surface area contributed by atoms with Crippen molar-refractivity contribution >= 4 is 6.98 Å². The minimum absolute atomic E-state index is 0.276. The molecule has 0 aromatic heterocycles. The molecule has 12 heavy (non-hydrogen) atoms. The zero-order chi connectivity index (χ0) is 9.23. The molecule has 0 aliphatic heterocycles. The van der Waals surface area contributed by atoms with Gasteiger partial charge in [0.2, 0.25) is 0 Å². The molecule has 0 amide bonds. The first-order valence-electron chi connectivity index (χ1n) is 4.14. The smallest absolute Gasteiger partial charge is 0.309 e. The summed E-state index contributed by atoms with van der Waals surface area (Å²) in [6, 6.07) is 0. The van der Waals surface area contributed by atoms with Crippen LogP contribution in [0, 0.1) is 0 Å². The van der Waals surface area contributed by atoms with Gasteiger partial charge in [-0.3, -0.25) is 0 Å². The van der Waals surface area contributed by atoms with Gasteiger partial charge in [0.05, 0.1) is 0 Å². The topological polar surface area (TPSA) is 24.1 Å². The van der Waals surface area contributed by atoms with Crippen LogP contribution >= 0.6 is 0 Å². The van der Waals surface area contributed by atoms with Crippen LogP contribution < -0.4 is 10.5 Å². The van der Waals surface area contributed by atoms with Crippen molar-refractivity contribution in [2.45, 2.75) is 6.32 Å². The molecule has 0 saturated heterocycles. The van der Waals surface area contributed by atoms with Gasteiger partial charge in [0.25, 0.3) is 0 Å². The maximum atomic E-state index is 3.68. The van der Waals surface area contributed by atoms with E-state index in [0.29, 0.717) is 0 Å². The van der Waals surface area contributed by atoms with Crippen molar-refractivity contribution in [1.29, 1.82) is 0 Å². The Morgan fingerprint density at radius 3 is 1.75 bits per heavy atom. The fraction of sp³-hybridized carbons (Fsp3) is 0.333. The molecule has 0 radical (unpaired) electrons. The maximum absolute atomic E-state index is 3.68. The summed E-state index contributed by atoms with van der Waals surface area (Å²) >= 11 is 0. The molecule has 0 aliphatic rings. The van der Waals surface area contributed by atoms with E-state index in [0.717, 1.165) is 19.4 Å². The summed E-state index contributed by atoms with van der Waals surface area (Å²) in [7, 11) is 0. The first-order chi connectivity index (χ1) is 5.85. The lowest BCUT2D eigenvalue weighted by Crippen LogP contribution is -2.46. The van der Waals surface area contributed by atoms with E-state index in [1.54, 1.807) is 0 Å². The van der Waals surface area contributed by atoms with E-state index < -0.39 is 0 Å². The largest absolute Gasteiger partial charge is 0.339 e. The quantitative estimate of drug-likeness (QED) is 0.416. The number of hydrogen-bond acceptors (Lipinski definition) is 2. The summed E-state index contributed by atoms with van der Waals surface area (Å²) in [6.07, 6.45) is 6.47. The van der Waals surface area contributed by atoms with Crippen molar-refractivity contribution < 1.29 is 0 Å². The van der Waals surface area contributed by atoms with E-state index in [1.807, 2.05) is 18.2 Å². The van der Waals surface area contributed by atoms with Gasteiger partial charge in [0.1, 0.15) is 0 Å². The number of rotatable bonds is 8. The minimum Gasteiger partial charge on any atom is -0.339 e. The lowest BCUT2D eigenvalue weighted by atomic mass is 9.72. The molecule has 66 valence electrons. The van der Waals surface area contributed by atoms with Crippen LogP contribution in [-0.4, -0.2) is 20.1 Å². The molecular formula is C9H17BN2. The molecule has 0 atom stereocenters. The van der Waals surface area contributed by atoms with E-state index in [4.69, 9.17) is 0 Å². The SMILES string of the molecule is C=CCNB(CC=C)NCC=C. The Labute approximate surface area is 75.6 Å². The Morgan fingerprint density at radius 1 is 0.917 bits per heavy atom. The fourth-order valence-electron chi connectivity index (χ4n) is 0.857. The molecule has 0 fully saturated rings. The van der Waals surface area contributed by atoms with Gasteiger partial charge in [-0.25, -0.2) is 0 Å².